The van der Waals surface area contributed by atoms with Crippen LogP contribution >= 0.6 is 0 Å². The minimum absolute atomic E-state index is 0.102. The number of nitrogens with one attached hydrogen (secondary N) is 3. The van der Waals surface area contributed by atoms with E-state index in [0.29, 0.717) is 5.75 Å². The van der Waals surface area contributed by atoms with E-state index in [-0.39, 0.29) is 37.5 Å². The van der Waals surface area contributed by atoms with Gasteiger partial charge in [-0.3, -0.25) is 25.2 Å². The maximum Gasteiger partial charge on any atom is 0.264 e. The van der Waals surface area contributed by atoms with Crippen LogP contribution in [0.15, 0.2) is 54.6 Å². The van der Waals surface area contributed by atoms with Gasteiger partial charge in [-0.2, -0.15) is 0 Å². The highest BCUT2D eigenvalue weighted by molar-refractivity contribution is 5.84. The average molecular weight is 399 g/mol. The van der Waals surface area contributed by atoms with Crippen LogP contribution in [0.5, 0.6) is 5.75 Å². The van der Waals surface area contributed by atoms with E-state index in [1.165, 1.54) is 0 Å². The smallest absolute Gasteiger partial charge is 0.264 e. The Morgan fingerprint density at radius 3 is 2.14 bits per heavy atom. The van der Waals surface area contributed by atoms with Crippen LogP contribution in [0.1, 0.15) is 24.1 Å². The van der Waals surface area contributed by atoms with Gasteiger partial charge in [0.2, 0.25) is 11.8 Å². The molecule has 3 amide bonds. The fourth-order valence-electron chi connectivity index (χ4n) is 2.49. The molecule has 0 aliphatic rings. The zero-order chi connectivity index (χ0) is 21.1. The highest BCUT2D eigenvalue weighted by atomic mass is 16.5. The molecular formula is C21H25N3O5. The van der Waals surface area contributed by atoms with E-state index in [2.05, 4.69) is 16.2 Å². The lowest BCUT2D eigenvalue weighted by molar-refractivity contribution is -0.134. The van der Waals surface area contributed by atoms with Crippen LogP contribution < -0.4 is 20.9 Å². The summed E-state index contributed by atoms with van der Waals surface area (Å²) in [5, 5.41) is 2.78. The van der Waals surface area contributed by atoms with Crippen LogP contribution in [-0.2, 0) is 25.5 Å². The zero-order valence-electron chi connectivity index (χ0n) is 16.4. The first-order valence-electron chi connectivity index (χ1n) is 9.10. The highest BCUT2D eigenvalue weighted by Gasteiger charge is 2.11. The monoisotopic (exact) mass is 399 g/mol. The summed E-state index contributed by atoms with van der Waals surface area (Å²) in [6.07, 6.45) is 0.102. The van der Waals surface area contributed by atoms with E-state index in [4.69, 9.17) is 9.47 Å². The molecular weight excluding hydrogens is 374 g/mol. The Morgan fingerprint density at radius 1 is 0.862 bits per heavy atom. The van der Waals surface area contributed by atoms with Crippen LogP contribution in [0.2, 0.25) is 0 Å². The van der Waals surface area contributed by atoms with Crippen LogP contribution in [-0.4, -0.2) is 38.0 Å². The molecule has 2 aromatic rings. The largest absolute Gasteiger partial charge is 0.497 e. The molecule has 8 heteroatoms. The molecule has 0 aliphatic carbocycles. The molecule has 1 atom stereocenters. The third-order valence-corrected chi connectivity index (χ3v) is 4.01. The second-order valence-corrected chi connectivity index (χ2v) is 6.31. The molecule has 0 saturated heterocycles. The number of hydrogen-bond donors (Lipinski definition) is 3. The Bertz CT molecular complexity index is 809. The maximum absolute atomic E-state index is 11.9. The van der Waals surface area contributed by atoms with Gasteiger partial charge in [0.25, 0.3) is 5.91 Å². The molecule has 29 heavy (non-hydrogen) atoms. The van der Waals surface area contributed by atoms with Crippen molar-refractivity contribution in [3.8, 4) is 5.75 Å². The molecule has 3 N–H and O–H groups in total. The first-order valence-corrected chi connectivity index (χ1v) is 9.10. The summed E-state index contributed by atoms with van der Waals surface area (Å²) in [6.45, 7) is 1.25. The van der Waals surface area contributed by atoms with Crippen molar-refractivity contribution >= 4 is 17.7 Å². The molecule has 0 bridgehead atoms. The normalized spacial score (nSPS) is 11.2. The van der Waals surface area contributed by atoms with Gasteiger partial charge in [0.05, 0.1) is 19.6 Å². The van der Waals surface area contributed by atoms with Crippen LogP contribution in [0.4, 0.5) is 0 Å². The summed E-state index contributed by atoms with van der Waals surface area (Å²) in [6, 6.07) is 16.4. The number of hydrazine groups is 1. The molecule has 0 heterocycles. The quantitative estimate of drug-likeness (QED) is 0.551. The Morgan fingerprint density at radius 2 is 1.48 bits per heavy atom. The number of rotatable bonds is 9. The second-order valence-electron chi connectivity index (χ2n) is 6.31. The Labute approximate surface area is 169 Å². The van der Waals surface area contributed by atoms with Crippen molar-refractivity contribution in [1.29, 1.82) is 0 Å². The molecule has 0 aliphatic heterocycles. The fraction of sp³-hybridized carbons (Fsp3) is 0.286. The maximum atomic E-state index is 11.9. The summed E-state index contributed by atoms with van der Waals surface area (Å²) in [5.41, 5.74) is 6.29. The van der Waals surface area contributed by atoms with Gasteiger partial charge in [0.15, 0.2) is 0 Å². The summed E-state index contributed by atoms with van der Waals surface area (Å²) in [7, 11) is 1.56. The van der Waals surface area contributed by atoms with Crippen molar-refractivity contribution in [2.24, 2.45) is 0 Å². The number of carbonyl (C=O) groups is 3. The molecule has 1 unspecified atom stereocenters. The van der Waals surface area contributed by atoms with E-state index in [9.17, 15) is 14.4 Å². The van der Waals surface area contributed by atoms with E-state index >= 15 is 0 Å². The predicted octanol–water partition coefficient (Wildman–Crippen LogP) is 1.28. The van der Waals surface area contributed by atoms with Crippen LogP contribution in [0.3, 0.4) is 0 Å². The van der Waals surface area contributed by atoms with Crippen LogP contribution in [0, 0.1) is 0 Å². The van der Waals surface area contributed by atoms with Gasteiger partial charge < -0.3 is 14.8 Å². The number of amides is 3. The first kappa shape index (κ1) is 21.9. The average Bonchev–Trinajstić information content (AvgIpc) is 2.73. The van der Waals surface area contributed by atoms with Crippen molar-refractivity contribution in [2.45, 2.75) is 19.4 Å². The third-order valence-electron chi connectivity index (χ3n) is 4.01. The van der Waals surface area contributed by atoms with Crippen molar-refractivity contribution < 1.29 is 23.9 Å². The first-order chi connectivity index (χ1) is 14.0. The van der Waals surface area contributed by atoms with Gasteiger partial charge in [0.1, 0.15) is 19.0 Å². The summed E-state index contributed by atoms with van der Waals surface area (Å²) in [5.74, 6) is -0.575. The standard InChI is InChI=1S/C21H25N3O5/c1-15(17-6-4-3-5-7-17)22-20(26)13-29-14-21(27)24-23-19(25)12-16-8-10-18(28-2)11-9-16/h3-11,15H,12-14H2,1-2H3,(H,22,26)(H,23,25)(H,24,27). The van der Waals surface area contributed by atoms with Crippen molar-refractivity contribution in [2.75, 3.05) is 20.3 Å². The topological polar surface area (TPSA) is 106 Å². The molecule has 0 radical (unpaired) electrons. The van der Waals surface area contributed by atoms with Crippen molar-refractivity contribution in [1.82, 2.24) is 16.2 Å². The predicted molar refractivity (Wildman–Crippen MR) is 107 cm³/mol. The zero-order valence-corrected chi connectivity index (χ0v) is 16.4. The lowest BCUT2D eigenvalue weighted by atomic mass is 10.1. The minimum Gasteiger partial charge on any atom is -0.497 e. The third kappa shape index (κ3) is 8.02. The van der Waals surface area contributed by atoms with Crippen LogP contribution in [0.25, 0.3) is 0 Å². The van der Waals surface area contributed by atoms with E-state index in [1.807, 2.05) is 37.3 Å². The Hall–Kier alpha value is -3.39. The molecule has 0 fully saturated rings. The highest BCUT2D eigenvalue weighted by Crippen LogP contribution is 2.12. The van der Waals surface area contributed by atoms with Gasteiger partial charge in [-0.1, -0.05) is 42.5 Å². The summed E-state index contributed by atoms with van der Waals surface area (Å²) >= 11 is 0. The number of carbonyl (C=O) groups excluding carboxylic acids is 3. The second kappa shape index (κ2) is 11.5. The van der Waals surface area contributed by atoms with E-state index < -0.39 is 5.91 Å². The SMILES string of the molecule is COc1ccc(CC(=O)NNC(=O)COCC(=O)NC(C)c2ccccc2)cc1. The molecule has 0 spiro atoms. The van der Waals surface area contributed by atoms with Gasteiger partial charge in [-0.15, -0.1) is 0 Å². The molecule has 0 saturated carbocycles. The number of hydrogen-bond acceptors (Lipinski definition) is 5. The Kier molecular flexibility index (Phi) is 8.65. The van der Waals surface area contributed by atoms with Gasteiger partial charge >= 0.3 is 0 Å². The van der Waals surface area contributed by atoms with Gasteiger partial charge in [0, 0.05) is 0 Å². The van der Waals surface area contributed by atoms with Crippen molar-refractivity contribution in [3.63, 3.8) is 0 Å². The molecule has 2 rings (SSSR count). The molecule has 2 aromatic carbocycles. The van der Waals surface area contributed by atoms with Gasteiger partial charge in [-0.05, 0) is 30.2 Å². The molecule has 154 valence electrons. The molecule has 0 aromatic heterocycles. The fourth-order valence-corrected chi connectivity index (χ4v) is 2.49. The van der Waals surface area contributed by atoms with Crippen molar-refractivity contribution in [3.05, 3.63) is 65.7 Å². The minimum atomic E-state index is -0.558. The molecule has 8 nitrogen and oxygen atoms in total. The number of ether oxygens (including phenoxy) is 2. The lowest BCUT2D eigenvalue weighted by Crippen LogP contribution is -2.44. The summed E-state index contributed by atoms with van der Waals surface area (Å²) in [4.78, 5) is 35.4. The lowest BCUT2D eigenvalue weighted by Gasteiger charge is -2.14. The van der Waals surface area contributed by atoms with Gasteiger partial charge in [-0.25, -0.2) is 0 Å². The number of methoxy groups -OCH3 is 1. The van der Waals surface area contributed by atoms with E-state index in [0.717, 1.165) is 11.1 Å². The Balaban J connectivity index is 1.61. The number of benzene rings is 2. The van der Waals surface area contributed by atoms with E-state index in [1.54, 1.807) is 31.4 Å². The summed E-state index contributed by atoms with van der Waals surface area (Å²) < 4.78 is 10.1.